The zero-order valence-corrected chi connectivity index (χ0v) is 23.2. The maximum atomic E-state index is 13.1. The second-order valence-electron chi connectivity index (χ2n) is 8.85. The molecule has 2 amide bonds. The van der Waals surface area contributed by atoms with E-state index in [0.29, 0.717) is 27.3 Å². The Bertz CT molecular complexity index is 1490. The van der Waals surface area contributed by atoms with Crippen LogP contribution >= 0.6 is 15.9 Å². The third kappa shape index (κ3) is 7.87. The van der Waals surface area contributed by atoms with Gasteiger partial charge in [0, 0.05) is 21.8 Å². The molecule has 0 spiro atoms. The number of amides is 2. The summed E-state index contributed by atoms with van der Waals surface area (Å²) in [5.41, 5.74) is 8.65. The molecule has 0 aliphatic carbocycles. The molecule has 0 aliphatic rings. The Labute approximate surface area is 240 Å². The lowest BCUT2D eigenvalue weighted by atomic mass is 10.0. The lowest BCUT2D eigenvalue weighted by Crippen LogP contribution is -2.30. The van der Waals surface area contributed by atoms with Crippen molar-refractivity contribution in [1.82, 2.24) is 0 Å². The van der Waals surface area contributed by atoms with Gasteiger partial charge < -0.3 is 25.6 Å². The highest BCUT2D eigenvalue weighted by Crippen LogP contribution is 2.35. The van der Waals surface area contributed by atoms with Gasteiger partial charge in [-0.25, -0.2) is 4.79 Å². The van der Waals surface area contributed by atoms with Gasteiger partial charge in [-0.2, -0.15) is 0 Å². The fraction of sp³-hybridized carbons (Fsp3) is 0.0968. The van der Waals surface area contributed by atoms with E-state index in [2.05, 4.69) is 26.6 Å². The van der Waals surface area contributed by atoms with Crippen LogP contribution in [0.15, 0.2) is 114 Å². The summed E-state index contributed by atoms with van der Waals surface area (Å²) in [6.07, 6.45) is -0.223. The van der Waals surface area contributed by atoms with Crippen molar-refractivity contribution in [3.63, 3.8) is 0 Å². The molecule has 0 fully saturated rings. The molecular formula is C31H28BrN3O5. The van der Waals surface area contributed by atoms with Gasteiger partial charge in [0.1, 0.15) is 11.5 Å². The minimum atomic E-state index is -1.16. The molecular weight excluding hydrogens is 574 g/mol. The third-order valence-electron chi connectivity index (χ3n) is 5.80. The summed E-state index contributed by atoms with van der Waals surface area (Å²) >= 11 is 3.41. The number of carbonyl (C=O) groups is 2. The van der Waals surface area contributed by atoms with E-state index in [9.17, 15) is 14.7 Å². The van der Waals surface area contributed by atoms with Gasteiger partial charge in [0.25, 0.3) is 0 Å². The molecule has 8 nitrogen and oxygen atoms in total. The highest BCUT2D eigenvalue weighted by atomic mass is 79.9. The Morgan fingerprint density at radius 3 is 2.35 bits per heavy atom. The van der Waals surface area contributed by atoms with Crippen LogP contribution in [-0.2, 0) is 9.53 Å². The van der Waals surface area contributed by atoms with E-state index < -0.39 is 24.2 Å². The van der Waals surface area contributed by atoms with Gasteiger partial charge in [-0.3, -0.25) is 10.1 Å². The number of phenols is 1. The van der Waals surface area contributed by atoms with E-state index in [0.717, 1.165) is 5.56 Å². The minimum absolute atomic E-state index is 0.118. The van der Waals surface area contributed by atoms with E-state index in [1.807, 2.05) is 25.1 Å². The third-order valence-corrected chi connectivity index (χ3v) is 6.29. The van der Waals surface area contributed by atoms with Crippen molar-refractivity contribution in [2.24, 2.45) is 0 Å². The highest BCUT2D eigenvalue weighted by Gasteiger charge is 2.30. The Kier molecular flexibility index (Phi) is 9.43. The predicted octanol–water partition coefficient (Wildman–Crippen LogP) is 6.98. The second kappa shape index (κ2) is 13.3. The lowest BCUT2D eigenvalue weighted by Gasteiger charge is -2.27. The number of aromatic hydroxyl groups is 1. The monoisotopic (exact) mass is 601 g/mol. The number of hydrogen-bond donors (Lipinski definition) is 4. The normalized spacial score (nSPS) is 12.3. The summed E-state index contributed by atoms with van der Waals surface area (Å²) in [7, 11) is 0. The summed E-state index contributed by atoms with van der Waals surface area (Å²) in [5, 5.41) is 16.2. The molecule has 4 aromatic rings. The van der Waals surface area contributed by atoms with E-state index in [4.69, 9.17) is 15.2 Å². The molecule has 204 valence electrons. The number of para-hydroxylation sites is 3. The van der Waals surface area contributed by atoms with Crippen LogP contribution in [0.3, 0.4) is 0 Å². The lowest BCUT2D eigenvalue weighted by molar-refractivity contribution is -0.112. The van der Waals surface area contributed by atoms with E-state index >= 15 is 0 Å². The maximum Gasteiger partial charge on any atom is 0.412 e. The standard InChI is InChI=1S/C31H28BrN3O5/c1-20-11-14-22(15-12-20)34-31(38)40-30(24-19-21(32)13-16-27(24)36)28(39-23-7-3-2-4-8-23)17-18-29(37)35-26-10-6-5-9-25(26)33/h2-19,28,30,36H,33H2,1H3,(H,34,38)(H,35,37)/b18-17+/t28-,30-/m0/s1. The first kappa shape index (κ1) is 28.3. The smallest absolute Gasteiger partial charge is 0.412 e. The van der Waals surface area contributed by atoms with E-state index in [-0.39, 0.29) is 11.3 Å². The maximum absolute atomic E-state index is 13.1. The molecule has 0 saturated carbocycles. The molecule has 5 N–H and O–H groups in total. The molecule has 0 unspecified atom stereocenters. The topological polar surface area (TPSA) is 123 Å². The van der Waals surface area contributed by atoms with Gasteiger partial charge in [0.15, 0.2) is 12.2 Å². The Morgan fingerprint density at radius 1 is 0.925 bits per heavy atom. The van der Waals surface area contributed by atoms with Crippen molar-refractivity contribution in [3.05, 3.63) is 125 Å². The summed E-state index contributed by atoms with van der Waals surface area (Å²) in [5.74, 6) is -0.124. The van der Waals surface area contributed by atoms with Gasteiger partial charge >= 0.3 is 6.09 Å². The van der Waals surface area contributed by atoms with Gasteiger partial charge in [-0.1, -0.05) is 64.0 Å². The van der Waals surface area contributed by atoms with Gasteiger partial charge in [-0.15, -0.1) is 0 Å². The molecule has 4 rings (SSSR count). The molecule has 40 heavy (non-hydrogen) atoms. The summed E-state index contributed by atoms with van der Waals surface area (Å²) in [4.78, 5) is 25.9. The van der Waals surface area contributed by atoms with Crippen LogP contribution in [0.4, 0.5) is 21.9 Å². The van der Waals surface area contributed by atoms with Crippen LogP contribution in [0, 0.1) is 6.92 Å². The molecule has 4 aromatic carbocycles. The highest BCUT2D eigenvalue weighted by molar-refractivity contribution is 9.10. The van der Waals surface area contributed by atoms with Crippen molar-refractivity contribution in [2.75, 3.05) is 16.4 Å². The first-order valence-corrected chi connectivity index (χ1v) is 13.2. The summed E-state index contributed by atoms with van der Waals surface area (Å²) in [6, 6.07) is 27.7. The zero-order valence-electron chi connectivity index (χ0n) is 21.6. The molecule has 2 atom stereocenters. The van der Waals surface area contributed by atoms with Crippen LogP contribution < -0.4 is 21.1 Å². The summed E-state index contributed by atoms with van der Waals surface area (Å²) in [6.45, 7) is 1.94. The molecule has 0 aromatic heterocycles. The largest absolute Gasteiger partial charge is 0.508 e. The number of nitrogens with one attached hydrogen (secondary N) is 2. The minimum Gasteiger partial charge on any atom is -0.508 e. The predicted molar refractivity (Wildman–Crippen MR) is 159 cm³/mol. The number of nitrogens with two attached hydrogens (primary N) is 1. The molecule has 0 aliphatic heterocycles. The van der Waals surface area contributed by atoms with Gasteiger partial charge in [-0.05, 0) is 67.6 Å². The first-order valence-electron chi connectivity index (χ1n) is 12.4. The van der Waals surface area contributed by atoms with Crippen molar-refractivity contribution < 1.29 is 24.2 Å². The SMILES string of the molecule is Cc1ccc(NC(=O)O[C@@H](c2cc(Br)ccc2O)[C@H](/C=C/C(=O)Nc2ccccc2N)Oc2ccccc2)cc1. The molecule has 0 radical (unpaired) electrons. The van der Waals surface area contributed by atoms with Gasteiger partial charge in [0.05, 0.1) is 11.4 Å². The van der Waals surface area contributed by atoms with E-state index in [1.165, 1.54) is 18.2 Å². The first-order chi connectivity index (χ1) is 19.3. The fourth-order valence-corrected chi connectivity index (χ4v) is 4.16. The number of aryl methyl sites for hydroxylation is 1. The number of phenolic OH excluding ortho intramolecular Hbond substituents is 1. The average Bonchev–Trinajstić information content (AvgIpc) is 2.94. The number of carbonyl (C=O) groups excluding carboxylic acids is 2. The van der Waals surface area contributed by atoms with Crippen LogP contribution in [0.2, 0.25) is 0 Å². The van der Waals surface area contributed by atoms with Crippen molar-refractivity contribution >= 4 is 45.0 Å². The second-order valence-corrected chi connectivity index (χ2v) is 9.77. The van der Waals surface area contributed by atoms with Crippen LogP contribution in [0.5, 0.6) is 11.5 Å². The number of ether oxygens (including phenoxy) is 2. The van der Waals surface area contributed by atoms with Crippen LogP contribution in [0.25, 0.3) is 0 Å². The number of rotatable bonds is 9. The molecule has 0 heterocycles. The van der Waals surface area contributed by atoms with Gasteiger partial charge in [0.2, 0.25) is 5.91 Å². The molecule has 0 saturated heterocycles. The van der Waals surface area contributed by atoms with Crippen molar-refractivity contribution in [3.8, 4) is 11.5 Å². The van der Waals surface area contributed by atoms with Crippen molar-refractivity contribution in [2.45, 2.75) is 19.1 Å². The van der Waals surface area contributed by atoms with Crippen molar-refractivity contribution in [1.29, 1.82) is 0 Å². The molecule has 0 bridgehead atoms. The molecule has 9 heteroatoms. The average molecular weight is 602 g/mol. The number of nitrogen functional groups attached to an aromatic ring is 1. The summed E-state index contributed by atoms with van der Waals surface area (Å²) < 4.78 is 12.7. The number of hydrogen-bond acceptors (Lipinski definition) is 6. The number of benzene rings is 4. The van der Waals surface area contributed by atoms with E-state index in [1.54, 1.807) is 72.8 Å². The Morgan fingerprint density at radius 2 is 1.62 bits per heavy atom. The zero-order chi connectivity index (χ0) is 28.5. The van der Waals surface area contributed by atoms with Crippen LogP contribution in [0.1, 0.15) is 17.2 Å². The fourth-order valence-electron chi connectivity index (χ4n) is 3.79. The number of halogens is 1. The Hall–Kier alpha value is -4.76. The number of anilines is 3. The Balaban J connectivity index is 1.67. The van der Waals surface area contributed by atoms with Crippen LogP contribution in [-0.4, -0.2) is 23.2 Å². The quantitative estimate of drug-likeness (QED) is 0.121.